The van der Waals surface area contributed by atoms with Gasteiger partial charge in [-0.1, -0.05) is 12.1 Å². The van der Waals surface area contributed by atoms with Gasteiger partial charge in [0.15, 0.2) is 0 Å². The zero-order valence-electron chi connectivity index (χ0n) is 18.4. The van der Waals surface area contributed by atoms with E-state index in [2.05, 4.69) is 11.1 Å². The van der Waals surface area contributed by atoms with Crippen LogP contribution in [0.3, 0.4) is 0 Å². The minimum atomic E-state index is -0.210. The van der Waals surface area contributed by atoms with Crippen molar-refractivity contribution in [2.75, 3.05) is 14.2 Å². The monoisotopic (exact) mass is 447 g/mol. The van der Waals surface area contributed by atoms with Crippen molar-refractivity contribution >= 4 is 28.3 Å². The molecule has 6 nitrogen and oxygen atoms in total. The summed E-state index contributed by atoms with van der Waals surface area (Å²) in [5.41, 5.74) is 3.53. The van der Waals surface area contributed by atoms with Gasteiger partial charge in [-0.3, -0.25) is 14.2 Å². The molecule has 0 spiro atoms. The largest absolute Gasteiger partial charge is 0.497 e. The molecule has 0 bridgehead atoms. The Morgan fingerprint density at radius 3 is 2.56 bits per heavy atom. The summed E-state index contributed by atoms with van der Waals surface area (Å²) in [5, 5.41) is 2.03. The maximum atomic E-state index is 13.4. The Bertz CT molecular complexity index is 1310. The number of carbonyl (C=O) groups is 1. The van der Waals surface area contributed by atoms with Crippen LogP contribution in [0, 0.1) is 6.92 Å². The minimum Gasteiger partial charge on any atom is -0.497 e. The number of hydrogen-bond donors (Lipinski definition) is 0. The summed E-state index contributed by atoms with van der Waals surface area (Å²) >= 11 is 1.65. The predicted molar refractivity (Wildman–Crippen MR) is 128 cm³/mol. The molecule has 4 aromatic rings. The average molecular weight is 448 g/mol. The number of methoxy groups -OCH3 is 1. The van der Waals surface area contributed by atoms with Crippen LogP contribution in [0.2, 0.25) is 0 Å². The van der Waals surface area contributed by atoms with Gasteiger partial charge in [0, 0.05) is 30.5 Å². The average Bonchev–Trinajstić information content (AvgIpc) is 3.21. The molecule has 0 radical (unpaired) electrons. The van der Waals surface area contributed by atoms with Gasteiger partial charge in [0.25, 0.3) is 5.56 Å². The molecule has 0 saturated carbocycles. The zero-order chi connectivity index (χ0) is 22.7. The van der Waals surface area contributed by atoms with Gasteiger partial charge < -0.3 is 9.64 Å². The highest BCUT2D eigenvalue weighted by Crippen LogP contribution is 2.20. The number of hydrogen-bond acceptors (Lipinski definition) is 5. The van der Waals surface area contributed by atoms with Crippen LogP contribution < -0.4 is 10.3 Å². The number of carbonyl (C=O) groups excluding carboxylic acids is 1. The zero-order valence-corrected chi connectivity index (χ0v) is 19.2. The van der Waals surface area contributed by atoms with E-state index in [9.17, 15) is 9.59 Å². The van der Waals surface area contributed by atoms with Crippen LogP contribution >= 0.6 is 11.3 Å². The summed E-state index contributed by atoms with van der Waals surface area (Å²) in [6, 6.07) is 16.9. The molecule has 0 aliphatic carbocycles. The number of para-hydroxylation sites is 2. The summed E-state index contributed by atoms with van der Waals surface area (Å²) in [6.07, 6.45) is 0.510. The molecule has 2 aromatic carbocycles. The third kappa shape index (κ3) is 4.43. The lowest BCUT2D eigenvalue weighted by Crippen LogP contribution is -2.29. The summed E-state index contributed by atoms with van der Waals surface area (Å²) in [5.74, 6) is 0.707. The van der Waals surface area contributed by atoms with Gasteiger partial charge >= 0.3 is 0 Å². The standard InChI is InChI=1S/C25H25N3O3S/c1-17-14-15-32-23(17)16-27(2)24(29)13-12-21-25(30)28(18-8-10-19(31-3)11-9-18)22-7-5-4-6-20(22)26-21/h4-11,14-15H,12-13,16H2,1-3H3. The van der Waals surface area contributed by atoms with E-state index < -0.39 is 0 Å². The highest BCUT2D eigenvalue weighted by atomic mass is 32.1. The molecule has 32 heavy (non-hydrogen) atoms. The van der Waals surface area contributed by atoms with E-state index in [4.69, 9.17) is 4.74 Å². The third-order valence-electron chi connectivity index (χ3n) is 5.51. The highest BCUT2D eigenvalue weighted by Gasteiger charge is 2.16. The fourth-order valence-corrected chi connectivity index (χ4v) is 4.57. The van der Waals surface area contributed by atoms with Crippen LogP contribution in [0.5, 0.6) is 5.75 Å². The van der Waals surface area contributed by atoms with E-state index in [-0.39, 0.29) is 24.3 Å². The topological polar surface area (TPSA) is 64.4 Å². The second-order valence-electron chi connectivity index (χ2n) is 7.66. The van der Waals surface area contributed by atoms with E-state index >= 15 is 0 Å². The number of aryl methyl sites for hydroxylation is 2. The quantitative estimate of drug-likeness (QED) is 0.422. The number of thiophene rings is 1. The van der Waals surface area contributed by atoms with Crippen molar-refractivity contribution in [3.8, 4) is 11.4 Å². The summed E-state index contributed by atoms with van der Waals surface area (Å²) < 4.78 is 6.89. The van der Waals surface area contributed by atoms with E-state index in [0.29, 0.717) is 17.8 Å². The van der Waals surface area contributed by atoms with Crippen LogP contribution in [-0.2, 0) is 17.8 Å². The molecule has 0 N–H and O–H groups in total. The molecule has 0 aliphatic heterocycles. The van der Waals surface area contributed by atoms with E-state index in [1.165, 1.54) is 10.4 Å². The van der Waals surface area contributed by atoms with Crippen molar-refractivity contribution < 1.29 is 9.53 Å². The second kappa shape index (κ2) is 9.36. The molecule has 4 rings (SSSR count). The molecule has 2 heterocycles. The summed E-state index contributed by atoms with van der Waals surface area (Å²) in [4.78, 5) is 33.6. The number of aromatic nitrogens is 2. The van der Waals surface area contributed by atoms with Crippen LogP contribution in [0.25, 0.3) is 16.7 Å². The van der Waals surface area contributed by atoms with Crippen molar-refractivity contribution in [2.24, 2.45) is 0 Å². The number of fused-ring (bicyclic) bond motifs is 1. The van der Waals surface area contributed by atoms with Crippen molar-refractivity contribution in [1.82, 2.24) is 14.5 Å². The summed E-state index contributed by atoms with van der Waals surface area (Å²) in [6.45, 7) is 2.62. The third-order valence-corrected chi connectivity index (χ3v) is 6.52. The highest BCUT2D eigenvalue weighted by molar-refractivity contribution is 7.10. The molecule has 0 atom stereocenters. The molecule has 0 unspecified atom stereocenters. The number of ether oxygens (including phenoxy) is 1. The van der Waals surface area contributed by atoms with Gasteiger partial charge in [0.05, 0.1) is 24.7 Å². The normalized spacial score (nSPS) is 11.0. The van der Waals surface area contributed by atoms with Gasteiger partial charge in [0.2, 0.25) is 5.91 Å². The molecule has 0 aliphatic rings. The summed E-state index contributed by atoms with van der Waals surface area (Å²) in [7, 11) is 3.40. The molecule has 1 amide bonds. The number of benzene rings is 2. The lowest BCUT2D eigenvalue weighted by molar-refractivity contribution is -0.130. The fourth-order valence-electron chi connectivity index (χ4n) is 3.62. The van der Waals surface area contributed by atoms with Crippen molar-refractivity contribution in [3.05, 3.63) is 86.5 Å². The predicted octanol–water partition coefficient (Wildman–Crippen LogP) is 4.36. The van der Waals surface area contributed by atoms with Crippen LogP contribution in [-0.4, -0.2) is 34.5 Å². The van der Waals surface area contributed by atoms with E-state index in [1.54, 1.807) is 35.0 Å². The van der Waals surface area contributed by atoms with Crippen LogP contribution in [0.1, 0.15) is 22.6 Å². The van der Waals surface area contributed by atoms with Crippen LogP contribution in [0.4, 0.5) is 0 Å². The van der Waals surface area contributed by atoms with E-state index in [0.717, 1.165) is 17.0 Å². The molecule has 2 aromatic heterocycles. The van der Waals surface area contributed by atoms with Crippen molar-refractivity contribution in [1.29, 1.82) is 0 Å². The SMILES string of the molecule is COc1ccc(-n2c(=O)c(CCC(=O)N(C)Cc3sccc3C)nc3ccccc32)cc1. The molecule has 0 fully saturated rings. The van der Waals surface area contributed by atoms with Crippen molar-refractivity contribution in [3.63, 3.8) is 0 Å². The van der Waals surface area contributed by atoms with Crippen molar-refractivity contribution in [2.45, 2.75) is 26.3 Å². The maximum Gasteiger partial charge on any atom is 0.277 e. The van der Waals surface area contributed by atoms with Gasteiger partial charge in [-0.15, -0.1) is 11.3 Å². The van der Waals surface area contributed by atoms with E-state index in [1.807, 2.05) is 60.8 Å². The second-order valence-corrected chi connectivity index (χ2v) is 8.66. The Kier molecular flexibility index (Phi) is 6.37. The first-order valence-electron chi connectivity index (χ1n) is 10.4. The Morgan fingerprint density at radius 2 is 1.88 bits per heavy atom. The smallest absolute Gasteiger partial charge is 0.277 e. The molecular formula is C25H25N3O3S. The first-order chi connectivity index (χ1) is 15.5. The lowest BCUT2D eigenvalue weighted by Gasteiger charge is -2.17. The van der Waals surface area contributed by atoms with Gasteiger partial charge in [-0.25, -0.2) is 4.98 Å². The van der Waals surface area contributed by atoms with Gasteiger partial charge in [-0.05, 0) is 60.3 Å². The Morgan fingerprint density at radius 1 is 1.12 bits per heavy atom. The Hall–Kier alpha value is -3.45. The number of nitrogens with zero attached hydrogens (tertiary/aromatic N) is 3. The number of rotatable bonds is 7. The Labute approximate surface area is 190 Å². The van der Waals surface area contributed by atoms with Crippen LogP contribution in [0.15, 0.2) is 64.8 Å². The molecule has 7 heteroatoms. The molecule has 0 saturated heterocycles. The molecule has 164 valence electrons. The minimum absolute atomic E-state index is 0.0110. The maximum absolute atomic E-state index is 13.4. The van der Waals surface area contributed by atoms with Gasteiger partial charge in [-0.2, -0.15) is 0 Å². The first-order valence-corrected chi connectivity index (χ1v) is 11.3. The van der Waals surface area contributed by atoms with Gasteiger partial charge in [0.1, 0.15) is 11.4 Å². The number of amides is 1. The Balaban J connectivity index is 1.61. The lowest BCUT2D eigenvalue weighted by atomic mass is 10.2. The fraction of sp³-hybridized carbons (Fsp3) is 0.240. The first kappa shape index (κ1) is 21.8. The molecular weight excluding hydrogens is 422 g/mol.